The van der Waals surface area contributed by atoms with Crippen molar-refractivity contribution in [1.82, 2.24) is 9.88 Å². The topological polar surface area (TPSA) is 57.8 Å². The third kappa shape index (κ3) is 3.94. The summed E-state index contributed by atoms with van der Waals surface area (Å²) >= 11 is 9.94. The van der Waals surface area contributed by atoms with Crippen LogP contribution in [0.3, 0.4) is 0 Å². The summed E-state index contributed by atoms with van der Waals surface area (Å²) in [4.78, 5) is 12.6. The van der Waals surface area contributed by atoms with Gasteiger partial charge in [-0.25, -0.2) is 0 Å². The van der Waals surface area contributed by atoms with Crippen LogP contribution in [-0.4, -0.2) is 10.5 Å². The number of alkyl halides is 3. The van der Waals surface area contributed by atoms with Crippen LogP contribution < -0.4 is 5.32 Å². The second-order valence-corrected chi connectivity index (χ2v) is 7.75. The van der Waals surface area contributed by atoms with Crippen molar-refractivity contribution in [3.63, 3.8) is 0 Å². The summed E-state index contributed by atoms with van der Waals surface area (Å²) in [6, 6.07) is 11.1. The molecule has 3 rings (SSSR count). The lowest BCUT2D eigenvalue weighted by Crippen LogP contribution is -2.28. The van der Waals surface area contributed by atoms with E-state index >= 15 is 0 Å². The molecule has 0 radical (unpaired) electrons. The van der Waals surface area contributed by atoms with Crippen molar-refractivity contribution in [3.05, 3.63) is 67.4 Å². The molecule has 0 spiro atoms. The maximum absolute atomic E-state index is 13.7. The highest BCUT2D eigenvalue weighted by Crippen LogP contribution is 2.43. The minimum absolute atomic E-state index is 0.0323. The molecule has 0 aliphatic heterocycles. The Labute approximate surface area is 175 Å². The second kappa shape index (κ2) is 7.99. The third-order valence-electron chi connectivity index (χ3n) is 3.84. The van der Waals surface area contributed by atoms with E-state index in [0.717, 1.165) is 4.57 Å². The van der Waals surface area contributed by atoms with Gasteiger partial charge in [-0.2, -0.15) is 18.4 Å². The van der Waals surface area contributed by atoms with Crippen LogP contribution in [-0.2, 0) is 12.8 Å². The van der Waals surface area contributed by atoms with Gasteiger partial charge in [0.25, 0.3) is 5.91 Å². The minimum atomic E-state index is -4.75. The monoisotopic (exact) mass is 487 g/mol. The second-order valence-electron chi connectivity index (χ2n) is 5.57. The number of hydrogen-bond acceptors (Lipinski definition) is 3. The smallest absolute Gasteiger partial charge is 0.333 e. The van der Waals surface area contributed by atoms with Crippen molar-refractivity contribution in [1.29, 1.82) is 5.26 Å². The van der Waals surface area contributed by atoms with Crippen molar-refractivity contribution >= 4 is 44.8 Å². The highest BCUT2D eigenvalue weighted by molar-refractivity contribution is 9.10. The zero-order chi connectivity index (χ0) is 20.5. The van der Waals surface area contributed by atoms with Crippen LogP contribution in [0.15, 0.2) is 46.3 Å². The molecule has 0 aliphatic rings. The Morgan fingerprint density at radius 2 is 1.96 bits per heavy atom. The normalized spacial score (nSPS) is 11.3. The first kappa shape index (κ1) is 20.5. The third-order valence-corrected chi connectivity index (χ3v) is 5.74. The fraction of sp³-hybridized carbons (Fsp3) is 0.111. The molecule has 0 aliphatic carbocycles. The fourth-order valence-corrected chi connectivity index (χ4v) is 4.16. The zero-order valence-electron chi connectivity index (χ0n) is 13.8. The predicted molar refractivity (Wildman–Crippen MR) is 104 cm³/mol. The van der Waals surface area contributed by atoms with E-state index in [-0.39, 0.29) is 15.7 Å². The number of carbonyl (C=O) groups is 1. The molecule has 0 bridgehead atoms. The van der Waals surface area contributed by atoms with E-state index in [1.54, 1.807) is 17.5 Å². The lowest BCUT2D eigenvalue weighted by Gasteiger charge is -2.16. The van der Waals surface area contributed by atoms with Gasteiger partial charge in [0.2, 0.25) is 0 Å². The average Bonchev–Trinajstić information content (AvgIpc) is 3.26. The molecule has 4 nitrogen and oxygen atoms in total. The molecule has 1 N–H and O–H groups in total. The molecular formula is C18H10BrClF3N3OS. The van der Waals surface area contributed by atoms with Crippen molar-refractivity contribution in [2.45, 2.75) is 12.8 Å². The van der Waals surface area contributed by atoms with Gasteiger partial charge < -0.3 is 9.88 Å². The van der Waals surface area contributed by atoms with Gasteiger partial charge in [-0.1, -0.05) is 29.8 Å². The van der Waals surface area contributed by atoms with E-state index in [9.17, 15) is 23.2 Å². The summed E-state index contributed by atoms with van der Waals surface area (Å²) in [5.41, 5.74) is -0.840. The van der Waals surface area contributed by atoms with Crippen LogP contribution in [0.5, 0.6) is 0 Å². The minimum Gasteiger partial charge on any atom is -0.333 e. The van der Waals surface area contributed by atoms with Crippen molar-refractivity contribution in [3.8, 4) is 17.3 Å². The summed E-state index contributed by atoms with van der Waals surface area (Å²) in [6.45, 7) is -0.468. The highest BCUT2D eigenvalue weighted by Gasteiger charge is 2.40. The number of rotatable bonds is 4. The van der Waals surface area contributed by atoms with Crippen LogP contribution in [0.2, 0.25) is 5.02 Å². The molecule has 0 unspecified atom stereocenters. The predicted octanol–water partition coefficient (Wildman–Crippen LogP) is 5.91. The van der Waals surface area contributed by atoms with Crippen LogP contribution in [0.4, 0.5) is 13.2 Å². The van der Waals surface area contributed by atoms with Crippen molar-refractivity contribution in [2.24, 2.45) is 0 Å². The van der Waals surface area contributed by atoms with E-state index in [1.807, 2.05) is 6.07 Å². The van der Waals surface area contributed by atoms with E-state index in [4.69, 9.17) is 11.6 Å². The lowest BCUT2D eigenvalue weighted by molar-refractivity contribution is -0.144. The largest absolute Gasteiger partial charge is 0.432 e. The number of thiophene rings is 1. The molecule has 2 heterocycles. The number of benzene rings is 1. The van der Waals surface area contributed by atoms with Crippen LogP contribution >= 0.6 is 38.9 Å². The van der Waals surface area contributed by atoms with Gasteiger partial charge in [-0.3, -0.25) is 4.79 Å². The molecule has 3 aromatic rings. The van der Waals surface area contributed by atoms with Gasteiger partial charge in [-0.05, 0) is 45.1 Å². The number of carbonyl (C=O) groups excluding carboxylic acids is 1. The molecular weight excluding hydrogens is 479 g/mol. The summed E-state index contributed by atoms with van der Waals surface area (Å²) in [5.74, 6) is -0.506. The quantitative estimate of drug-likeness (QED) is 0.496. The Kier molecular flexibility index (Phi) is 5.84. The number of nitrogens with zero attached hydrogens (tertiary/aromatic N) is 2. The van der Waals surface area contributed by atoms with E-state index < -0.39 is 24.4 Å². The molecule has 1 amide bonds. The fourth-order valence-electron chi connectivity index (χ4n) is 2.68. The van der Waals surface area contributed by atoms with Gasteiger partial charge >= 0.3 is 6.18 Å². The van der Waals surface area contributed by atoms with Crippen LogP contribution in [0, 0.1) is 11.3 Å². The van der Waals surface area contributed by atoms with Crippen LogP contribution in [0.25, 0.3) is 11.3 Å². The first-order valence-electron chi connectivity index (χ1n) is 7.71. The molecule has 10 heteroatoms. The van der Waals surface area contributed by atoms with Gasteiger partial charge in [-0.15, -0.1) is 11.3 Å². The standard InChI is InChI=1S/C18H10BrClF3N3OS/c19-14-12(8-24)15(10-3-5-11(20)6-4-10)26(16(14)18(21,22)23)9-25-17(27)13-2-1-7-28-13/h1-7H,9H2,(H,25,27). The molecule has 144 valence electrons. The molecule has 0 atom stereocenters. The maximum Gasteiger partial charge on any atom is 0.432 e. The average molecular weight is 489 g/mol. The molecule has 2 aromatic heterocycles. The first-order chi connectivity index (χ1) is 13.2. The van der Waals surface area contributed by atoms with Crippen molar-refractivity contribution in [2.75, 3.05) is 0 Å². The molecule has 0 saturated heterocycles. The Bertz CT molecular complexity index is 1050. The number of hydrogen-bond donors (Lipinski definition) is 1. The number of halogens is 5. The molecule has 1 aromatic carbocycles. The Balaban J connectivity index is 2.13. The molecule has 0 fully saturated rings. The summed E-state index contributed by atoms with van der Waals surface area (Å²) in [6.07, 6.45) is -4.75. The number of nitriles is 1. The number of nitrogens with one attached hydrogen (secondary N) is 1. The Morgan fingerprint density at radius 1 is 1.29 bits per heavy atom. The van der Waals surface area contributed by atoms with E-state index in [2.05, 4.69) is 21.2 Å². The Morgan fingerprint density at radius 3 is 2.50 bits per heavy atom. The van der Waals surface area contributed by atoms with Crippen molar-refractivity contribution < 1.29 is 18.0 Å². The molecule has 0 saturated carbocycles. The van der Waals surface area contributed by atoms with E-state index in [0.29, 0.717) is 15.5 Å². The lowest BCUT2D eigenvalue weighted by atomic mass is 10.1. The van der Waals surface area contributed by atoms with Gasteiger partial charge in [0, 0.05) is 5.02 Å². The summed E-state index contributed by atoms with van der Waals surface area (Å²) in [7, 11) is 0. The summed E-state index contributed by atoms with van der Waals surface area (Å²) in [5, 5.41) is 14.0. The zero-order valence-corrected chi connectivity index (χ0v) is 17.0. The first-order valence-corrected chi connectivity index (χ1v) is 9.76. The van der Waals surface area contributed by atoms with Crippen LogP contribution in [0.1, 0.15) is 20.9 Å². The van der Waals surface area contributed by atoms with Gasteiger partial charge in [0.1, 0.15) is 11.8 Å². The number of aromatic nitrogens is 1. The number of amides is 1. The Hall–Kier alpha value is -2.28. The van der Waals surface area contributed by atoms with Gasteiger partial charge in [0.05, 0.1) is 27.3 Å². The maximum atomic E-state index is 13.7. The molecule has 28 heavy (non-hydrogen) atoms. The van der Waals surface area contributed by atoms with E-state index in [1.165, 1.54) is 35.6 Å². The van der Waals surface area contributed by atoms with Gasteiger partial charge in [0.15, 0.2) is 0 Å². The highest BCUT2D eigenvalue weighted by atomic mass is 79.9. The summed E-state index contributed by atoms with van der Waals surface area (Å²) < 4.78 is 41.7. The SMILES string of the molecule is N#Cc1c(Br)c(C(F)(F)F)n(CNC(=O)c2cccs2)c1-c1ccc(Cl)cc1.